The van der Waals surface area contributed by atoms with E-state index >= 15 is 0 Å². The maximum atomic E-state index is 7.09. The maximum absolute atomic E-state index is 7.09. The first kappa shape index (κ1) is 37.1. The first-order valence-corrected chi connectivity index (χ1v) is 21.6. The molecule has 1 aromatic heterocycles. The second-order valence-corrected chi connectivity index (χ2v) is 17.7. The van der Waals surface area contributed by atoms with Crippen LogP contribution < -0.4 is 14.8 Å². The zero-order valence-corrected chi connectivity index (χ0v) is 35.4. The Labute approximate surface area is 366 Å². The van der Waals surface area contributed by atoms with Crippen LogP contribution in [0.5, 0.6) is 23.0 Å². The highest BCUT2D eigenvalue weighted by Crippen LogP contribution is 2.55. The van der Waals surface area contributed by atoms with Gasteiger partial charge >= 0.3 is 0 Å². The van der Waals surface area contributed by atoms with Crippen molar-refractivity contribution < 1.29 is 13.9 Å². The van der Waals surface area contributed by atoms with Gasteiger partial charge in [-0.15, -0.1) is 0 Å². The third-order valence-electron chi connectivity index (χ3n) is 13.3. The second kappa shape index (κ2) is 13.9. The van der Waals surface area contributed by atoms with E-state index < -0.39 is 0 Å². The first-order chi connectivity index (χ1) is 30.7. The van der Waals surface area contributed by atoms with Crippen LogP contribution in [0.1, 0.15) is 72.8 Å². The van der Waals surface area contributed by atoms with Crippen LogP contribution in [0.3, 0.4) is 0 Å². The lowest BCUT2D eigenvalue weighted by Crippen LogP contribution is -2.33. The molecular weight excluding hydrogens is 775 g/mol. The van der Waals surface area contributed by atoms with Crippen LogP contribution in [-0.2, 0) is 10.8 Å². The highest BCUT2D eigenvalue weighted by molar-refractivity contribution is 6.23. The molecule has 3 aliphatic heterocycles. The number of nitrogens with one attached hydrogen (secondary N) is 1. The summed E-state index contributed by atoms with van der Waals surface area (Å²) in [5.41, 5.74) is 12.3. The third-order valence-corrected chi connectivity index (χ3v) is 13.3. The molecular formula is C57H43N3O3. The Morgan fingerprint density at radius 3 is 1.73 bits per heavy atom. The van der Waals surface area contributed by atoms with Gasteiger partial charge in [0, 0.05) is 71.7 Å². The van der Waals surface area contributed by atoms with Crippen LogP contribution in [0.4, 0.5) is 0 Å². The van der Waals surface area contributed by atoms with Crippen molar-refractivity contribution in [2.45, 2.75) is 44.7 Å². The monoisotopic (exact) mass is 817 g/mol. The molecule has 1 unspecified atom stereocenters. The molecule has 3 aliphatic rings. The number of hydrogen-bond acceptors (Lipinski definition) is 6. The molecule has 0 radical (unpaired) electrons. The highest BCUT2D eigenvalue weighted by Gasteiger charge is 2.38. The predicted molar refractivity (Wildman–Crippen MR) is 254 cm³/mol. The molecule has 8 aromatic carbocycles. The van der Waals surface area contributed by atoms with Gasteiger partial charge in [-0.25, -0.2) is 9.98 Å². The van der Waals surface area contributed by atoms with E-state index in [1.54, 1.807) is 0 Å². The average Bonchev–Trinajstić information content (AvgIpc) is 3.71. The number of ether oxygens (including phenoxy) is 2. The van der Waals surface area contributed by atoms with Crippen molar-refractivity contribution in [3.63, 3.8) is 0 Å². The molecule has 0 bridgehead atoms. The molecule has 304 valence electrons. The van der Waals surface area contributed by atoms with Gasteiger partial charge in [-0.1, -0.05) is 173 Å². The highest BCUT2D eigenvalue weighted by atomic mass is 16.5. The normalized spacial score (nSPS) is 16.6. The fourth-order valence-electron chi connectivity index (χ4n) is 9.96. The molecule has 0 aliphatic carbocycles. The Balaban J connectivity index is 1.13. The van der Waals surface area contributed by atoms with Gasteiger partial charge in [0.15, 0.2) is 5.84 Å². The maximum Gasteiger partial charge on any atom is 0.159 e. The first-order valence-electron chi connectivity index (χ1n) is 21.6. The zero-order chi connectivity index (χ0) is 42.5. The largest absolute Gasteiger partial charge is 0.456 e. The summed E-state index contributed by atoms with van der Waals surface area (Å²) in [4.78, 5) is 10.4. The van der Waals surface area contributed by atoms with E-state index in [0.717, 1.165) is 106 Å². The van der Waals surface area contributed by atoms with Crippen molar-refractivity contribution in [1.82, 2.24) is 5.32 Å². The average molecular weight is 818 g/mol. The van der Waals surface area contributed by atoms with Gasteiger partial charge < -0.3 is 19.2 Å². The molecule has 0 saturated heterocycles. The van der Waals surface area contributed by atoms with E-state index in [2.05, 4.69) is 154 Å². The predicted octanol–water partition coefficient (Wildman–Crippen LogP) is 14.3. The van der Waals surface area contributed by atoms with Crippen molar-refractivity contribution in [3.05, 3.63) is 215 Å². The SMILES string of the molecule is CC1(C)c2ccccc2Oc2c(-c3cc(-c4cccc5c4Oc4ccccc4C5(C)C)c4oc5cccc(C6=NC(c7ccccc7)=NC(c7ccccc7)N6)c5c4c3)cccc21. The van der Waals surface area contributed by atoms with Gasteiger partial charge in [0.05, 0.1) is 0 Å². The van der Waals surface area contributed by atoms with Crippen molar-refractivity contribution in [2.24, 2.45) is 9.98 Å². The van der Waals surface area contributed by atoms with Gasteiger partial charge in [-0.3, -0.25) is 0 Å². The number of fused-ring (bicyclic) bond motifs is 7. The quantitative estimate of drug-likeness (QED) is 0.188. The van der Waals surface area contributed by atoms with Gasteiger partial charge in [0.2, 0.25) is 0 Å². The Bertz CT molecular complexity index is 3380. The molecule has 4 heterocycles. The van der Waals surface area contributed by atoms with Crippen LogP contribution >= 0.6 is 0 Å². The van der Waals surface area contributed by atoms with E-state index in [4.69, 9.17) is 23.9 Å². The summed E-state index contributed by atoms with van der Waals surface area (Å²) in [5, 5.41) is 5.64. The summed E-state index contributed by atoms with van der Waals surface area (Å²) in [5.74, 6) is 4.80. The second-order valence-electron chi connectivity index (χ2n) is 17.7. The number of nitrogens with zero attached hydrogens (tertiary/aromatic N) is 2. The lowest BCUT2D eigenvalue weighted by Gasteiger charge is -2.36. The van der Waals surface area contributed by atoms with E-state index in [0.29, 0.717) is 5.84 Å². The van der Waals surface area contributed by atoms with Crippen molar-refractivity contribution >= 4 is 33.6 Å². The zero-order valence-electron chi connectivity index (χ0n) is 35.4. The number of benzene rings is 8. The molecule has 6 nitrogen and oxygen atoms in total. The molecule has 1 atom stereocenters. The summed E-state index contributed by atoms with van der Waals surface area (Å²) >= 11 is 0. The minimum Gasteiger partial charge on any atom is -0.456 e. The van der Waals surface area contributed by atoms with Crippen LogP contribution in [0.2, 0.25) is 0 Å². The fourth-order valence-corrected chi connectivity index (χ4v) is 9.96. The Morgan fingerprint density at radius 1 is 0.492 bits per heavy atom. The van der Waals surface area contributed by atoms with Crippen LogP contribution in [0, 0.1) is 0 Å². The molecule has 63 heavy (non-hydrogen) atoms. The van der Waals surface area contributed by atoms with Gasteiger partial charge in [0.1, 0.15) is 46.2 Å². The Morgan fingerprint density at radius 2 is 1.05 bits per heavy atom. The lowest BCUT2D eigenvalue weighted by molar-refractivity contribution is 0.419. The minimum atomic E-state index is -0.355. The summed E-state index contributed by atoms with van der Waals surface area (Å²) in [6, 6.07) is 61.0. The van der Waals surface area contributed by atoms with Gasteiger partial charge in [0.25, 0.3) is 0 Å². The molecule has 0 spiro atoms. The van der Waals surface area contributed by atoms with Crippen molar-refractivity contribution in [3.8, 4) is 45.3 Å². The lowest BCUT2D eigenvalue weighted by atomic mass is 9.74. The Kier molecular flexibility index (Phi) is 8.19. The van der Waals surface area contributed by atoms with Crippen LogP contribution in [-0.4, -0.2) is 11.7 Å². The third kappa shape index (κ3) is 5.78. The standard InChI is InChI=1S/C57H43N3O3/c1-56(2)42-25-11-13-29-46(42)61-51-37(22-15-27-44(51)56)36-32-40(38-23-16-28-45-52(38)62-47-30-14-12-26-43(47)57(45,3)4)50-41(33-36)49-39(24-17-31-48(49)63-50)55-59-53(34-18-7-5-8-19-34)58-54(60-55)35-20-9-6-10-21-35/h5-33,53H,1-4H3,(H,58,59,60). The Hall–Kier alpha value is -7.70. The fraction of sp³-hybridized carbons (Fsp3) is 0.123. The van der Waals surface area contributed by atoms with E-state index in [9.17, 15) is 0 Å². The number of hydrogen-bond donors (Lipinski definition) is 1. The molecule has 12 rings (SSSR count). The summed E-state index contributed by atoms with van der Waals surface area (Å²) < 4.78 is 20.9. The van der Waals surface area contributed by atoms with E-state index in [1.165, 1.54) is 5.56 Å². The van der Waals surface area contributed by atoms with E-state index in [1.807, 2.05) is 54.6 Å². The molecule has 9 aromatic rings. The van der Waals surface area contributed by atoms with Gasteiger partial charge in [-0.05, 0) is 41.5 Å². The van der Waals surface area contributed by atoms with Crippen molar-refractivity contribution in [2.75, 3.05) is 0 Å². The van der Waals surface area contributed by atoms with Crippen LogP contribution in [0.25, 0.3) is 44.2 Å². The molecule has 0 amide bonds. The summed E-state index contributed by atoms with van der Waals surface area (Å²) in [7, 11) is 0. The van der Waals surface area contributed by atoms with Crippen LogP contribution in [0.15, 0.2) is 190 Å². The number of para-hydroxylation sites is 4. The topological polar surface area (TPSA) is 68.3 Å². The minimum absolute atomic E-state index is 0.286. The number of amidine groups is 2. The molecule has 0 fully saturated rings. The molecule has 1 N–H and O–H groups in total. The number of aliphatic imine (C=N–C) groups is 2. The summed E-state index contributed by atoms with van der Waals surface area (Å²) in [6.45, 7) is 9.11. The molecule has 0 saturated carbocycles. The smallest absolute Gasteiger partial charge is 0.159 e. The molecule has 6 heteroatoms. The number of rotatable bonds is 5. The van der Waals surface area contributed by atoms with Gasteiger partial charge in [-0.2, -0.15) is 0 Å². The number of furan rings is 1. The summed E-state index contributed by atoms with van der Waals surface area (Å²) in [6.07, 6.45) is -0.355. The van der Waals surface area contributed by atoms with Crippen molar-refractivity contribution in [1.29, 1.82) is 0 Å². The van der Waals surface area contributed by atoms with E-state index in [-0.39, 0.29) is 17.0 Å².